The molecule has 0 amide bonds. The zero-order valence-corrected chi connectivity index (χ0v) is 9.62. The molecule has 0 aromatic heterocycles. The molecule has 0 aliphatic carbocycles. The molecule has 5 heteroatoms. The monoisotopic (exact) mass is 219 g/mol. The van der Waals surface area contributed by atoms with E-state index in [1.165, 1.54) is 0 Å². The highest BCUT2D eigenvalue weighted by atomic mass is 16.5. The quantitative estimate of drug-likeness (QED) is 0.544. The van der Waals surface area contributed by atoms with Gasteiger partial charge in [-0.3, -0.25) is 4.79 Å². The minimum Gasteiger partial charge on any atom is -0.480 e. The van der Waals surface area contributed by atoms with E-state index in [2.05, 4.69) is 5.32 Å². The molecule has 3 N–H and O–H groups in total. The van der Waals surface area contributed by atoms with Crippen LogP contribution in [-0.2, 0) is 9.53 Å². The number of carboxylic acid groups (broad SMARTS) is 1. The van der Waals surface area contributed by atoms with E-state index in [4.69, 9.17) is 9.84 Å². The Kier molecular flexibility index (Phi) is 6.47. The number of aliphatic carboxylic acids is 1. The van der Waals surface area contributed by atoms with Gasteiger partial charge in [0.2, 0.25) is 0 Å². The molecule has 15 heavy (non-hydrogen) atoms. The predicted octanol–water partition coefficient (Wildman–Crippen LogP) is 0.227. The van der Waals surface area contributed by atoms with Crippen molar-refractivity contribution in [2.75, 3.05) is 20.3 Å². The lowest BCUT2D eigenvalue weighted by atomic mass is 10.0. The minimum absolute atomic E-state index is 0.251. The van der Waals surface area contributed by atoms with Crippen LogP contribution in [0.1, 0.15) is 26.7 Å². The number of rotatable bonds is 8. The fourth-order valence-electron chi connectivity index (χ4n) is 1.16. The molecule has 0 bridgehead atoms. The normalized spacial score (nSPS) is 17.1. The van der Waals surface area contributed by atoms with Crippen molar-refractivity contribution in [2.24, 2.45) is 0 Å². The Morgan fingerprint density at radius 2 is 2.20 bits per heavy atom. The second-order valence-corrected chi connectivity index (χ2v) is 3.92. The summed E-state index contributed by atoms with van der Waals surface area (Å²) in [4.78, 5) is 10.7. The SMILES string of the molecule is CCC(NCC(C)(O)CCOC)C(=O)O. The van der Waals surface area contributed by atoms with Crippen LogP contribution in [0.3, 0.4) is 0 Å². The van der Waals surface area contributed by atoms with Gasteiger partial charge in [0.05, 0.1) is 5.60 Å². The molecule has 0 saturated carbocycles. The van der Waals surface area contributed by atoms with Gasteiger partial charge in [-0.1, -0.05) is 6.92 Å². The van der Waals surface area contributed by atoms with Crippen LogP contribution in [0, 0.1) is 0 Å². The molecule has 0 fully saturated rings. The summed E-state index contributed by atoms with van der Waals surface area (Å²) in [6.07, 6.45) is 0.974. The molecule has 2 unspecified atom stereocenters. The smallest absolute Gasteiger partial charge is 0.320 e. The van der Waals surface area contributed by atoms with Crippen molar-refractivity contribution in [1.82, 2.24) is 5.32 Å². The molecule has 0 heterocycles. The van der Waals surface area contributed by atoms with E-state index in [0.717, 1.165) is 0 Å². The van der Waals surface area contributed by atoms with Crippen molar-refractivity contribution in [2.45, 2.75) is 38.3 Å². The van der Waals surface area contributed by atoms with Gasteiger partial charge in [0, 0.05) is 26.7 Å². The molecular weight excluding hydrogens is 198 g/mol. The Labute approximate surface area is 90.4 Å². The Balaban J connectivity index is 3.94. The highest BCUT2D eigenvalue weighted by Gasteiger charge is 2.23. The van der Waals surface area contributed by atoms with Gasteiger partial charge in [-0.15, -0.1) is 0 Å². The molecule has 2 atom stereocenters. The fourth-order valence-corrected chi connectivity index (χ4v) is 1.16. The minimum atomic E-state index is -0.932. The zero-order chi connectivity index (χ0) is 11.9. The molecule has 0 radical (unpaired) electrons. The van der Waals surface area contributed by atoms with E-state index >= 15 is 0 Å². The van der Waals surface area contributed by atoms with Crippen LogP contribution in [-0.4, -0.2) is 48.1 Å². The largest absolute Gasteiger partial charge is 0.480 e. The molecule has 0 aliphatic heterocycles. The van der Waals surface area contributed by atoms with Crippen molar-refractivity contribution in [3.05, 3.63) is 0 Å². The zero-order valence-electron chi connectivity index (χ0n) is 9.62. The first-order valence-electron chi connectivity index (χ1n) is 5.10. The molecule has 5 nitrogen and oxygen atoms in total. The molecule has 0 aliphatic rings. The molecule has 0 rings (SSSR count). The van der Waals surface area contributed by atoms with Crippen LogP contribution in [0.15, 0.2) is 0 Å². The summed E-state index contributed by atoms with van der Waals surface area (Å²) >= 11 is 0. The lowest BCUT2D eigenvalue weighted by Crippen LogP contribution is -2.46. The lowest BCUT2D eigenvalue weighted by molar-refractivity contribution is -0.139. The van der Waals surface area contributed by atoms with E-state index in [-0.39, 0.29) is 6.54 Å². The van der Waals surface area contributed by atoms with E-state index in [9.17, 15) is 9.90 Å². The van der Waals surface area contributed by atoms with E-state index < -0.39 is 17.6 Å². The average Bonchev–Trinajstić information content (AvgIpc) is 2.15. The van der Waals surface area contributed by atoms with Crippen LogP contribution < -0.4 is 5.32 Å². The summed E-state index contributed by atoms with van der Waals surface area (Å²) in [6, 6.07) is -0.598. The van der Waals surface area contributed by atoms with E-state index in [1.54, 1.807) is 21.0 Å². The van der Waals surface area contributed by atoms with E-state index in [0.29, 0.717) is 19.4 Å². The fraction of sp³-hybridized carbons (Fsp3) is 0.900. The van der Waals surface area contributed by atoms with Gasteiger partial charge < -0.3 is 20.3 Å². The van der Waals surface area contributed by atoms with Gasteiger partial charge in [-0.25, -0.2) is 0 Å². The first kappa shape index (κ1) is 14.3. The van der Waals surface area contributed by atoms with Gasteiger partial charge in [0.25, 0.3) is 0 Å². The first-order chi connectivity index (χ1) is 6.93. The second-order valence-electron chi connectivity index (χ2n) is 3.92. The molecular formula is C10H21NO4. The number of methoxy groups -OCH3 is 1. The van der Waals surface area contributed by atoms with Crippen LogP contribution >= 0.6 is 0 Å². The van der Waals surface area contributed by atoms with Gasteiger partial charge in [0.1, 0.15) is 6.04 Å². The number of nitrogens with one attached hydrogen (secondary N) is 1. The molecule has 0 aromatic rings. The van der Waals surface area contributed by atoms with Crippen molar-refractivity contribution in [1.29, 1.82) is 0 Å². The van der Waals surface area contributed by atoms with Crippen molar-refractivity contribution in [3.8, 4) is 0 Å². The second kappa shape index (κ2) is 6.76. The summed E-state index contributed by atoms with van der Waals surface area (Å²) in [5, 5.41) is 21.4. The van der Waals surface area contributed by atoms with Gasteiger partial charge in [-0.2, -0.15) is 0 Å². The summed E-state index contributed by atoms with van der Waals surface area (Å²) in [5.41, 5.74) is -0.932. The molecule has 0 aromatic carbocycles. The van der Waals surface area contributed by atoms with Crippen LogP contribution in [0.2, 0.25) is 0 Å². The molecule has 90 valence electrons. The van der Waals surface area contributed by atoms with Crippen LogP contribution in [0.4, 0.5) is 0 Å². The van der Waals surface area contributed by atoms with Crippen molar-refractivity contribution < 1.29 is 19.7 Å². The Hall–Kier alpha value is -0.650. The third kappa shape index (κ3) is 6.43. The van der Waals surface area contributed by atoms with Gasteiger partial charge in [-0.05, 0) is 13.3 Å². The van der Waals surface area contributed by atoms with Crippen LogP contribution in [0.5, 0.6) is 0 Å². The van der Waals surface area contributed by atoms with Crippen molar-refractivity contribution >= 4 is 5.97 Å². The molecule has 0 saturated heterocycles. The number of carbonyl (C=O) groups is 1. The maximum absolute atomic E-state index is 10.7. The topological polar surface area (TPSA) is 78.8 Å². The third-order valence-electron chi connectivity index (χ3n) is 2.28. The standard InChI is InChI=1S/C10H21NO4/c1-4-8(9(12)13)11-7-10(2,14)5-6-15-3/h8,11,14H,4-7H2,1-3H3,(H,12,13). The summed E-state index contributed by atoms with van der Waals surface area (Å²) in [7, 11) is 1.57. The highest BCUT2D eigenvalue weighted by Crippen LogP contribution is 2.08. The maximum Gasteiger partial charge on any atom is 0.320 e. The third-order valence-corrected chi connectivity index (χ3v) is 2.28. The Morgan fingerprint density at radius 3 is 2.60 bits per heavy atom. The van der Waals surface area contributed by atoms with E-state index in [1.807, 2.05) is 0 Å². The Bertz CT molecular complexity index is 194. The predicted molar refractivity (Wildman–Crippen MR) is 56.8 cm³/mol. The number of carboxylic acids is 1. The number of hydrogen-bond acceptors (Lipinski definition) is 4. The lowest BCUT2D eigenvalue weighted by Gasteiger charge is -2.25. The van der Waals surface area contributed by atoms with Gasteiger partial charge in [0.15, 0.2) is 0 Å². The number of ether oxygens (including phenoxy) is 1. The molecule has 0 spiro atoms. The average molecular weight is 219 g/mol. The Morgan fingerprint density at radius 1 is 1.60 bits per heavy atom. The first-order valence-corrected chi connectivity index (χ1v) is 5.10. The maximum atomic E-state index is 10.7. The van der Waals surface area contributed by atoms with Crippen LogP contribution in [0.25, 0.3) is 0 Å². The number of aliphatic hydroxyl groups is 1. The number of hydrogen-bond donors (Lipinski definition) is 3. The van der Waals surface area contributed by atoms with Gasteiger partial charge >= 0.3 is 5.97 Å². The summed E-state index contributed by atoms with van der Waals surface area (Å²) < 4.78 is 4.85. The van der Waals surface area contributed by atoms with Crippen molar-refractivity contribution in [3.63, 3.8) is 0 Å². The summed E-state index contributed by atoms with van der Waals surface area (Å²) in [6.45, 7) is 4.16. The highest BCUT2D eigenvalue weighted by molar-refractivity contribution is 5.73. The summed E-state index contributed by atoms with van der Waals surface area (Å²) in [5.74, 6) is -0.889.